The highest BCUT2D eigenvalue weighted by Gasteiger charge is 2.10. The zero-order valence-corrected chi connectivity index (χ0v) is 8.45. The first kappa shape index (κ1) is 13.6. The number of nitrogens with two attached hydrogens (primary N) is 1. The Hall–Kier alpha value is -1.41. The molecule has 4 heteroatoms. The quantitative estimate of drug-likeness (QED) is 0.674. The molecule has 0 radical (unpaired) electrons. The van der Waals surface area contributed by atoms with Crippen LogP contribution in [0.5, 0.6) is 0 Å². The van der Waals surface area contributed by atoms with Crippen LogP contribution in [0.25, 0.3) is 0 Å². The van der Waals surface area contributed by atoms with Gasteiger partial charge in [0.1, 0.15) is 0 Å². The lowest BCUT2D eigenvalue weighted by molar-refractivity contribution is 0.140. The molecule has 4 N–H and O–H groups in total. The Kier molecular flexibility index (Phi) is 7.20. The van der Waals surface area contributed by atoms with Crippen LogP contribution in [0.4, 0.5) is 0 Å². The number of hydrogen-bond acceptors (Lipinski definition) is 4. The molecule has 82 valence electrons. The van der Waals surface area contributed by atoms with Gasteiger partial charge in [0.2, 0.25) is 0 Å². The average molecular weight is 208 g/mol. The third-order valence-corrected chi connectivity index (χ3v) is 1.94. The lowest BCUT2D eigenvalue weighted by atomic mass is 10.0. The highest BCUT2D eigenvalue weighted by atomic mass is 16.3. The largest absolute Gasteiger partial charge is 0.395 e. The van der Waals surface area contributed by atoms with E-state index in [1.807, 2.05) is 30.3 Å². The predicted molar refractivity (Wildman–Crippen MR) is 57.8 cm³/mol. The minimum atomic E-state index is -0.580. The molecule has 1 aromatic rings. The van der Waals surface area contributed by atoms with Crippen molar-refractivity contribution < 1.29 is 10.2 Å². The smallest absolute Gasteiger partial charge is 0.0805 e. The molecule has 0 heterocycles. The Bertz CT molecular complexity index is 274. The van der Waals surface area contributed by atoms with E-state index in [9.17, 15) is 5.11 Å². The van der Waals surface area contributed by atoms with Crippen molar-refractivity contribution >= 4 is 0 Å². The molecular weight excluding hydrogens is 192 g/mol. The molecule has 1 aromatic carbocycles. The summed E-state index contributed by atoms with van der Waals surface area (Å²) in [5.74, 6) is 0. The highest BCUT2D eigenvalue weighted by Crippen LogP contribution is 2.16. The normalized spacial score (nSPS) is 13.4. The molecule has 0 bridgehead atoms. The first-order chi connectivity index (χ1) is 7.24. The molecule has 0 aliphatic carbocycles. The van der Waals surface area contributed by atoms with Crippen LogP contribution in [0.2, 0.25) is 0 Å². The monoisotopic (exact) mass is 208 g/mol. The summed E-state index contributed by atoms with van der Waals surface area (Å²) < 4.78 is 0. The summed E-state index contributed by atoms with van der Waals surface area (Å²) in [5, 5.41) is 24.8. The Labute approximate surface area is 89.6 Å². The van der Waals surface area contributed by atoms with E-state index in [0.717, 1.165) is 5.56 Å². The van der Waals surface area contributed by atoms with Gasteiger partial charge in [0, 0.05) is 12.6 Å². The Morgan fingerprint density at radius 1 is 1.27 bits per heavy atom. The highest BCUT2D eigenvalue weighted by molar-refractivity contribution is 5.17. The van der Waals surface area contributed by atoms with E-state index in [2.05, 4.69) is 6.57 Å². The van der Waals surface area contributed by atoms with Gasteiger partial charge in [-0.15, -0.1) is 0 Å². The molecule has 0 aliphatic heterocycles. The Morgan fingerprint density at radius 2 is 1.80 bits per heavy atom. The van der Waals surface area contributed by atoms with E-state index < -0.39 is 6.10 Å². The fraction of sp³-hybridized carbons (Fsp3) is 0.364. The topological polar surface area (TPSA) is 90.3 Å². The number of rotatable bonds is 4. The Morgan fingerprint density at radius 3 is 2.27 bits per heavy atom. The molecule has 1 rings (SSSR count). The summed E-state index contributed by atoms with van der Waals surface area (Å²) in [5.41, 5.74) is 6.34. The minimum Gasteiger partial charge on any atom is -0.395 e. The zero-order chi connectivity index (χ0) is 11.7. The van der Waals surface area contributed by atoms with Crippen LogP contribution in [-0.4, -0.2) is 22.9 Å². The molecule has 0 saturated heterocycles. The van der Waals surface area contributed by atoms with Crippen molar-refractivity contribution in [2.75, 3.05) is 6.61 Å². The summed E-state index contributed by atoms with van der Waals surface area (Å²) >= 11 is 0. The lowest BCUT2D eigenvalue weighted by Gasteiger charge is -2.14. The third kappa shape index (κ3) is 5.13. The van der Waals surface area contributed by atoms with Crippen molar-refractivity contribution in [1.82, 2.24) is 0 Å². The maximum absolute atomic E-state index is 9.63. The molecule has 0 spiro atoms. The fourth-order valence-corrected chi connectivity index (χ4v) is 1.17. The molecule has 0 fully saturated rings. The van der Waals surface area contributed by atoms with Crippen LogP contribution in [0.15, 0.2) is 30.3 Å². The standard InChI is InChI=1S/C10H15NO2.CHN/c11-9(7-12)6-10(13)8-4-2-1-3-5-8;1-2/h1-5,9-10,12-13H,6-7,11H2;1H/t9-,10-;/m0./s1. The number of aliphatic hydroxyl groups is 2. The first-order valence-electron chi connectivity index (χ1n) is 4.59. The molecule has 4 nitrogen and oxygen atoms in total. The summed E-state index contributed by atoms with van der Waals surface area (Å²) in [7, 11) is 0. The van der Waals surface area contributed by atoms with Crippen molar-refractivity contribution in [2.45, 2.75) is 18.6 Å². The Balaban J connectivity index is 0.000000921. The molecule has 0 aliphatic rings. The van der Waals surface area contributed by atoms with Crippen LogP contribution in [0.3, 0.4) is 0 Å². The van der Waals surface area contributed by atoms with Gasteiger partial charge in [0.25, 0.3) is 0 Å². The van der Waals surface area contributed by atoms with Crippen LogP contribution < -0.4 is 5.73 Å². The summed E-state index contributed by atoms with van der Waals surface area (Å²) in [4.78, 5) is 0. The number of nitriles is 1. The molecule has 0 aromatic heterocycles. The van der Waals surface area contributed by atoms with Crippen molar-refractivity contribution in [1.29, 1.82) is 5.26 Å². The molecule has 2 atom stereocenters. The first-order valence-corrected chi connectivity index (χ1v) is 4.59. The van der Waals surface area contributed by atoms with Crippen molar-refractivity contribution in [2.24, 2.45) is 5.73 Å². The van der Waals surface area contributed by atoms with E-state index in [4.69, 9.17) is 16.1 Å². The zero-order valence-electron chi connectivity index (χ0n) is 8.45. The second-order valence-corrected chi connectivity index (χ2v) is 3.10. The minimum absolute atomic E-state index is 0.0934. The van der Waals surface area contributed by atoms with Crippen LogP contribution in [0, 0.1) is 11.8 Å². The fourth-order valence-electron chi connectivity index (χ4n) is 1.17. The van der Waals surface area contributed by atoms with E-state index in [1.54, 1.807) is 0 Å². The van der Waals surface area contributed by atoms with E-state index in [0.29, 0.717) is 6.42 Å². The van der Waals surface area contributed by atoms with Crippen LogP contribution >= 0.6 is 0 Å². The van der Waals surface area contributed by atoms with Gasteiger partial charge >= 0.3 is 0 Å². The van der Waals surface area contributed by atoms with Crippen LogP contribution in [-0.2, 0) is 0 Å². The summed E-state index contributed by atoms with van der Waals surface area (Å²) in [6.45, 7) is 3.41. The maximum atomic E-state index is 9.63. The second kappa shape index (κ2) is 7.94. The van der Waals surface area contributed by atoms with Crippen molar-refractivity contribution in [3.63, 3.8) is 0 Å². The van der Waals surface area contributed by atoms with E-state index >= 15 is 0 Å². The van der Waals surface area contributed by atoms with Gasteiger partial charge in [-0.3, -0.25) is 0 Å². The lowest BCUT2D eigenvalue weighted by Crippen LogP contribution is -2.26. The number of benzene rings is 1. The van der Waals surface area contributed by atoms with Gasteiger partial charge in [0.05, 0.1) is 12.7 Å². The molecule has 0 amide bonds. The van der Waals surface area contributed by atoms with Gasteiger partial charge in [0.15, 0.2) is 0 Å². The number of aliphatic hydroxyl groups excluding tert-OH is 2. The molecule has 0 unspecified atom stereocenters. The van der Waals surface area contributed by atoms with Crippen molar-refractivity contribution in [3.05, 3.63) is 35.9 Å². The number of nitrogens with zero attached hydrogens (tertiary/aromatic N) is 1. The van der Waals surface area contributed by atoms with Gasteiger partial charge in [-0.2, -0.15) is 0 Å². The predicted octanol–water partition coefficient (Wildman–Crippen LogP) is 0.569. The maximum Gasteiger partial charge on any atom is 0.0805 e. The van der Waals surface area contributed by atoms with Gasteiger partial charge in [-0.05, 0) is 12.0 Å². The van der Waals surface area contributed by atoms with Gasteiger partial charge < -0.3 is 15.9 Å². The molecule has 15 heavy (non-hydrogen) atoms. The van der Waals surface area contributed by atoms with Gasteiger partial charge in [-0.1, -0.05) is 30.3 Å². The SMILES string of the molecule is C#N.N[C@H](CO)C[C@H](O)c1ccccc1. The molecule has 0 saturated carbocycles. The third-order valence-electron chi connectivity index (χ3n) is 1.94. The van der Waals surface area contributed by atoms with E-state index in [1.165, 1.54) is 0 Å². The average Bonchev–Trinajstić information content (AvgIpc) is 2.32. The van der Waals surface area contributed by atoms with Crippen molar-refractivity contribution in [3.8, 4) is 6.57 Å². The summed E-state index contributed by atoms with van der Waals surface area (Å²) in [6, 6.07) is 8.95. The summed E-state index contributed by atoms with van der Waals surface area (Å²) in [6.07, 6.45) is -0.191. The number of hydrogen-bond donors (Lipinski definition) is 3. The van der Waals surface area contributed by atoms with Crippen LogP contribution in [0.1, 0.15) is 18.1 Å². The van der Waals surface area contributed by atoms with Gasteiger partial charge in [-0.25, -0.2) is 5.26 Å². The molecular formula is C11H16N2O2. The second-order valence-electron chi connectivity index (χ2n) is 3.10. The van der Waals surface area contributed by atoms with E-state index in [-0.39, 0.29) is 12.6 Å².